The average molecular weight is 272 g/mol. The Labute approximate surface area is 109 Å². The highest BCUT2D eigenvalue weighted by Gasteiger charge is 2.30. The number of hydrogen-bond donors (Lipinski definition) is 2. The normalized spacial score (nSPS) is 19.4. The van der Waals surface area contributed by atoms with Gasteiger partial charge >= 0.3 is 6.18 Å². The van der Waals surface area contributed by atoms with Crippen molar-refractivity contribution in [1.82, 2.24) is 5.32 Å². The molecule has 19 heavy (non-hydrogen) atoms. The molecule has 1 heterocycles. The van der Waals surface area contributed by atoms with Gasteiger partial charge in [-0.25, -0.2) is 0 Å². The summed E-state index contributed by atoms with van der Waals surface area (Å²) in [7, 11) is 0. The van der Waals surface area contributed by atoms with Crippen LogP contribution in [0, 0.1) is 5.92 Å². The second-order valence-corrected chi connectivity index (χ2v) is 4.69. The van der Waals surface area contributed by atoms with Crippen LogP contribution in [0.15, 0.2) is 24.3 Å². The molecule has 0 bridgehead atoms. The maximum absolute atomic E-state index is 12.4. The van der Waals surface area contributed by atoms with Crippen LogP contribution in [0.5, 0.6) is 0 Å². The first-order valence-electron chi connectivity index (χ1n) is 6.13. The molecule has 1 amide bonds. The van der Waals surface area contributed by atoms with Gasteiger partial charge in [-0.05, 0) is 49.7 Å². The Bertz CT molecular complexity index is 436. The Morgan fingerprint density at radius 3 is 2.53 bits per heavy atom. The molecule has 1 atom stereocenters. The molecule has 0 aromatic heterocycles. The van der Waals surface area contributed by atoms with Gasteiger partial charge in [-0.2, -0.15) is 13.2 Å². The van der Waals surface area contributed by atoms with E-state index in [1.807, 2.05) is 0 Å². The molecule has 1 fully saturated rings. The third-order valence-electron chi connectivity index (χ3n) is 3.13. The van der Waals surface area contributed by atoms with Gasteiger partial charge in [0.1, 0.15) is 0 Å². The van der Waals surface area contributed by atoms with Gasteiger partial charge in [0.25, 0.3) is 0 Å². The fourth-order valence-corrected chi connectivity index (χ4v) is 2.11. The molecule has 0 saturated carbocycles. The number of carbonyl (C=O) groups is 1. The van der Waals surface area contributed by atoms with E-state index in [2.05, 4.69) is 10.6 Å². The number of anilines is 1. The number of rotatable bonds is 3. The molecule has 3 nitrogen and oxygen atoms in total. The molecular formula is C13H15F3N2O. The average Bonchev–Trinajstić information content (AvgIpc) is 2.81. The fourth-order valence-electron chi connectivity index (χ4n) is 2.11. The zero-order valence-electron chi connectivity index (χ0n) is 10.3. The Balaban J connectivity index is 1.90. The van der Waals surface area contributed by atoms with Crippen molar-refractivity contribution in [2.45, 2.75) is 19.0 Å². The summed E-state index contributed by atoms with van der Waals surface area (Å²) < 4.78 is 37.1. The predicted molar refractivity (Wildman–Crippen MR) is 65.7 cm³/mol. The molecule has 0 spiro atoms. The Kier molecular flexibility index (Phi) is 4.09. The smallest absolute Gasteiger partial charge is 0.326 e. The van der Waals surface area contributed by atoms with Gasteiger partial charge in [0, 0.05) is 12.1 Å². The summed E-state index contributed by atoms with van der Waals surface area (Å²) in [6, 6.07) is 4.47. The van der Waals surface area contributed by atoms with Gasteiger partial charge in [-0.3, -0.25) is 4.79 Å². The molecule has 1 aromatic rings. The van der Waals surface area contributed by atoms with Crippen LogP contribution in [-0.2, 0) is 11.0 Å². The number of alkyl halides is 3. The van der Waals surface area contributed by atoms with Crippen LogP contribution >= 0.6 is 0 Å². The minimum absolute atomic E-state index is 0.159. The van der Waals surface area contributed by atoms with E-state index in [0.29, 0.717) is 18.0 Å². The lowest BCUT2D eigenvalue weighted by atomic mass is 10.0. The number of carbonyl (C=O) groups excluding carboxylic acids is 1. The summed E-state index contributed by atoms with van der Waals surface area (Å²) in [4.78, 5) is 11.7. The van der Waals surface area contributed by atoms with Crippen molar-refractivity contribution in [3.63, 3.8) is 0 Å². The second kappa shape index (κ2) is 5.61. The summed E-state index contributed by atoms with van der Waals surface area (Å²) in [5.74, 6) is 0.155. The molecule has 0 aliphatic carbocycles. The molecule has 6 heteroatoms. The van der Waals surface area contributed by atoms with Crippen LogP contribution < -0.4 is 10.6 Å². The molecule has 1 unspecified atom stereocenters. The summed E-state index contributed by atoms with van der Waals surface area (Å²) in [6.45, 7) is 1.73. The topological polar surface area (TPSA) is 41.1 Å². The highest BCUT2D eigenvalue weighted by atomic mass is 19.4. The molecule has 2 rings (SSSR count). The number of halogens is 3. The minimum atomic E-state index is -4.35. The Hall–Kier alpha value is -1.56. The predicted octanol–water partition coefficient (Wildman–Crippen LogP) is 2.64. The van der Waals surface area contributed by atoms with E-state index in [1.165, 1.54) is 12.1 Å². The van der Waals surface area contributed by atoms with Gasteiger partial charge < -0.3 is 10.6 Å². The third kappa shape index (κ3) is 3.96. The molecule has 1 aliphatic heterocycles. The largest absolute Gasteiger partial charge is 0.416 e. The molecular weight excluding hydrogens is 257 g/mol. The summed E-state index contributed by atoms with van der Waals surface area (Å²) in [5.41, 5.74) is -0.325. The summed E-state index contributed by atoms with van der Waals surface area (Å²) in [6.07, 6.45) is -2.99. The maximum atomic E-state index is 12.4. The number of amides is 1. The van der Waals surface area contributed by atoms with Crippen LogP contribution in [0.4, 0.5) is 18.9 Å². The Morgan fingerprint density at radius 1 is 1.32 bits per heavy atom. The van der Waals surface area contributed by atoms with E-state index in [1.54, 1.807) is 0 Å². The van der Waals surface area contributed by atoms with Crippen LogP contribution in [0.2, 0.25) is 0 Å². The van der Waals surface area contributed by atoms with Crippen LogP contribution in [-0.4, -0.2) is 19.0 Å². The van der Waals surface area contributed by atoms with Crippen molar-refractivity contribution in [3.05, 3.63) is 29.8 Å². The zero-order valence-corrected chi connectivity index (χ0v) is 10.3. The van der Waals surface area contributed by atoms with Crippen molar-refractivity contribution in [3.8, 4) is 0 Å². The lowest BCUT2D eigenvalue weighted by molar-refractivity contribution is -0.137. The molecule has 1 saturated heterocycles. The van der Waals surface area contributed by atoms with Crippen LogP contribution in [0.1, 0.15) is 18.4 Å². The van der Waals surface area contributed by atoms with Gasteiger partial charge in [-0.15, -0.1) is 0 Å². The monoisotopic (exact) mass is 272 g/mol. The minimum Gasteiger partial charge on any atom is -0.326 e. The van der Waals surface area contributed by atoms with Gasteiger partial charge in [0.05, 0.1) is 5.56 Å². The van der Waals surface area contributed by atoms with E-state index < -0.39 is 11.7 Å². The van der Waals surface area contributed by atoms with Crippen molar-refractivity contribution in [2.75, 3.05) is 18.4 Å². The van der Waals surface area contributed by atoms with Crippen molar-refractivity contribution in [1.29, 1.82) is 0 Å². The van der Waals surface area contributed by atoms with E-state index >= 15 is 0 Å². The highest BCUT2D eigenvalue weighted by Crippen LogP contribution is 2.29. The lowest BCUT2D eigenvalue weighted by Crippen LogP contribution is -2.18. The number of hydrogen-bond acceptors (Lipinski definition) is 2. The zero-order chi connectivity index (χ0) is 13.9. The van der Waals surface area contributed by atoms with Gasteiger partial charge in [0.15, 0.2) is 0 Å². The molecule has 1 aliphatic rings. The second-order valence-electron chi connectivity index (χ2n) is 4.69. The van der Waals surface area contributed by atoms with E-state index in [-0.39, 0.29) is 5.91 Å². The Morgan fingerprint density at radius 2 is 2.00 bits per heavy atom. The fraction of sp³-hybridized carbons (Fsp3) is 0.462. The third-order valence-corrected chi connectivity index (χ3v) is 3.13. The van der Waals surface area contributed by atoms with Gasteiger partial charge in [-0.1, -0.05) is 0 Å². The van der Waals surface area contributed by atoms with Crippen molar-refractivity contribution in [2.24, 2.45) is 5.92 Å². The number of nitrogens with one attached hydrogen (secondary N) is 2. The van der Waals surface area contributed by atoms with Gasteiger partial charge in [0.2, 0.25) is 5.91 Å². The quantitative estimate of drug-likeness (QED) is 0.888. The molecule has 1 aromatic carbocycles. The molecule has 104 valence electrons. The number of benzene rings is 1. The van der Waals surface area contributed by atoms with Crippen molar-refractivity contribution < 1.29 is 18.0 Å². The first-order valence-corrected chi connectivity index (χ1v) is 6.13. The molecule has 2 N–H and O–H groups in total. The summed E-state index contributed by atoms with van der Waals surface area (Å²) >= 11 is 0. The van der Waals surface area contributed by atoms with Crippen LogP contribution in [0.3, 0.4) is 0 Å². The first kappa shape index (κ1) is 13.9. The standard InChI is InChI=1S/C13H15F3N2O/c14-13(15,16)10-1-3-11(4-2-10)18-12(19)7-9-5-6-17-8-9/h1-4,9,17H,5-8H2,(H,18,19). The van der Waals surface area contributed by atoms with Crippen LogP contribution in [0.25, 0.3) is 0 Å². The summed E-state index contributed by atoms with van der Waals surface area (Å²) in [5, 5.41) is 5.77. The lowest BCUT2D eigenvalue weighted by Gasteiger charge is -2.10. The van der Waals surface area contributed by atoms with E-state index in [9.17, 15) is 18.0 Å². The van der Waals surface area contributed by atoms with Crippen molar-refractivity contribution >= 4 is 11.6 Å². The molecule has 0 radical (unpaired) electrons. The first-order chi connectivity index (χ1) is 8.95. The SMILES string of the molecule is O=C(CC1CCNC1)Nc1ccc(C(F)(F)F)cc1. The maximum Gasteiger partial charge on any atom is 0.416 e. The van der Waals surface area contributed by atoms with E-state index in [0.717, 1.165) is 31.6 Å². The van der Waals surface area contributed by atoms with E-state index in [4.69, 9.17) is 0 Å². The highest BCUT2D eigenvalue weighted by molar-refractivity contribution is 5.90.